The molecule has 0 amide bonds. The first kappa shape index (κ1) is 13.6. The second kappa shape index (κ2) is 5.01. The van der Waals surface area contributed by atoms with E-state index in [9.17, 15) is 0 Å². The van der Waals surface area contributed by atoms with Gasteiger partial charge >= 0.3 is 0 Å². The van der Waals surface area contributed by atoms with Gasteiger partial charge in [0.15, 0.2) is 5.66 Å². The Balaban J connectivity index is 2.01. The molecule has 0 saturated carbocycles. The van der Waals surface area contributed by atoms with Gasteiger partial charge in [-0.1, -0.05) is 40.8 Å². The predicted molar refractivity (Wildman–Crippen MR) is 88.9 cm³/mol. The van der Waals surface area contributed by atoms with Gasteiger partial charge in [-0.25, -0.2) is 9.36 Å². The molecule has 0 spiro atoms. The fourth-order valence-electron chi connectivity index (χ4n) is 2.99. The molecule has 2 aromatic heterocycles. The highest BCUT2D eigenvalue weighted by molar-refractivity contribution is 5.76. The van der Waals surface area contributed by atoms with Crippen molar-refractivity contribution in [3.63, 3.8) is 0 Å². The van der Waals surface area contributed by atoms with E-state index in [0.717, 1.165) is 22.1 Å². The van der Waals surface area contributed by atoms with Crippen LogP contribution in [-0.4, -0.2) is 30.0 Å². The summed E-state index contributed by atoms with van der Waals surface area (Å²) in [6.07, 6.45) is 2.51. The van der Waals surface area contributed by atoms with E-state index in [-0.39, 0.29) is 0 Å². The summed E-state index contributed by atoms with van der Waals surface area (Å²) in [4.78, 5) is 0. The van der Waals surface area contributed by atoms with Crippen LogP contribution >= 0.6 is 0 Å². The molecule has 4 aromatic rings. The number of benzene rings is 2. The number of hydrogen-bond acceptors (Lipinski definition) is 4. The summed E-state index contributed by atoms with van der Waals surface area (Å²) in [7, 11) is 0. The molecule has 0 aliphatic heterocycles. The molecule has 0 saturated heterocycles. The molecular weight excluding hydrogens is 288 g/mol. The average molecular weight is 304 g/mol. The lowest BCUT2D eigenvalue weighted by Crippen LogP contribution is -2.39. The Morgan fingerprint density at radius 3 is 1.87 bits per heavy atom. The number of fused-ring (bicyclic) bond motifs is 2. The van der Waals surface area contributed by atoms with Crippen molar-refractivity contribution in [2.24, 2.45) is 0 Å². The summed E-state index contributed by atoms with van der Waals surface area (Å²) in [6, 6.07) is 15.8. The van der Waals surface area contributed by atoms with Crippen LogP contribution in [0.15, 0.2) is 61.2 Å². The maximum atomic E-state index is 4.38. The molecule has 0 N–H and O–H groups in total. The van der Waals surface area contributed by atoms with Crippen LogP contribution < -0.4 is 0 Å². The smallest absolute Gasteiger partial charge is 0.159 e. The van der Waals surface area contributed by atoms with Gasteiger partial charge in [0.05, 0.1) is 11.0 Å². The second-order valence-corrected chi connectivity index (χ2v) is 5.69. The summed E-state index contributed by atoms with van der Waals surface area (Å²) < 4.78 is 3.79. The number of para-hydroxylation sites is 2. The molecule has 114 valence electrons. The van der Waals surface area contributed by atoms with E-state index in [4.69, 9.17) is 0 Å². The van der Waals surface area contributed by atoms with Crippen molar-refractivity contribution in [1.29, 1.82) is 0 Å². The van der Waals surface area contributed by atoms with Crippen molar-refractivity contribution in [2.45, 2.75) is 19.0 Å². The third kappa shape index (κ3) is 1.95. The van der Waals surface area contributed by atoms with Crippen LogP contribution in [0.1, 0.15) is 13.3 Å². The monoisotopic (exact) mass is 304 g/mol. The van der Waals surface area contributed by atoms with E-state index in [0.29, 0.717) is 6.42 Å². The minimum Gasteiger partial charge on any atom is -0.217 e. The van der Waals surface area contributed by atoms with Crippen molar-refractivity contribution < 1.29 is 0 Å². The van der Waals surface area contributed by atoms with E-state index >= 15 is 0 Å². The Morgan fingerprint density at radius 2 is 1.39 bits per heavy atom. The summed E-state index contributed by atoms with van der Waals surface area (Å²) in [5.41, 5.74) is 3.04. The first-order chi connectivity index (χ1) is 11.2. The van der Waals surface area contributed by atoms with Crippen LogP contribution in [0.5, 0.6) is 0 Å². The Morgan fingerprint density at radius 1 is 0.913 bits per heavy atom. The average Bonchev–Trinajstić information content (AvgIpc) is 3.20. The van der Waals surface area contributed by atoms with Gasteiger partial charge in [0.2, 0.25) is 0 Å². The van der Waals surface area contributed by atoms with Gasteiger partial charge < -0.3 is 0 Å². The predicted octanol–water partition coefficient (Wildman–Crippen LogP) is 2.97. The van der Waals surface area contributed by atoms with Gasteiger partial charge in [0.25, 0.3) is 0 Å². The van der Waals surface area contributed by atoms with Gasteiger partial charge in [0, 0.05) is 6.42 Å². The lowest BCUT2D eigenvalue weighted by molar-refractivity contribution is 0.217. The number of aromatic nitrogens is 6. The van der Waals surface area contributed by atoms with Crippen LogP contribution in [-0.2, 0) is 5.66 Å². The van der Waals surface area contributed by atoms with Crippen molar-refractivity contribution >= 4 is 22.1 Å². The quantitative estimate of drug-likeness (QED) is 0.544. The normalized spacial score (nSPS) is 12.0. The molecule has 0 aliphatic carbocycles. The number of hydrogen-bond donors (Lipinski definition) is 0. The van der Waals surface area contributed by atoms with Gasteiger partial charge in [-0.15, -0.1) is 16.8 Å². The summed E-state index contributed by atoms with van der Waals surface area (Å²) in [5.74, 6) is 0. The molecule has 0 aliphatic rings. The largest absolute Gasteiger partial charge is 0.217 e. The summed E-state index contributed by atoms with van der Waals surface area (Å²) in [6.45, 7) is 5.97. The first-order valence-electron chi connectivity index (χ1n) is 7.47. The lowest BCUT2D eigenvalue weighted by atomic mass is 10.1. The molecule has 6 nitrogen and oxygen atoms in total. The minimum absolute atomic E-state index is 0.575. The maximum absolute atomic E-state index is 4.38. The van der Waals surface area contributed by atoms with Gasteiger partial charge in [-0.05, 0) is 31.2 Å². The molecule has 2 aromatic carbocycles. The molecular formula is C17H16N6. The molecule has 0 radical (unpaired) electrons. The van der Waals surface area contributed by atoms with Crippen LogP contribution in [0, 0.1) is 0 Å². The van der Waals surface area contributed by atoms with Crippen molar-refractivity contribution in [3.8, 4) is 0 Å². The van der Waals surface area contributed by atoms with E-state index < -0.39 is 5.66 Å². The maximum Gasteiger partial charge on any atom is 0.159 e. The SMILES string of the molecule is C=CCC(C)(n1nnc2ccccc21)n1nnc2ccccc21. The number of allylic oxidation sites excluding steroid dienone is 1. The molecule has 6 heteroatoms. The highest BCUT2D eigenvalue weighted by Crippen LogP contribution is 2.29. The zero-order valence-electron chi connectivity index (χ0n) is 12.8. The Bertz CT molecular complexity index is 922. The van der Waals surface area contributed by atoms with Crippen LogP contribution in [0.25, 0.3) is 22.1 Å². The molecule has 0 bridgehead atoms. The summed E-state index contributed by atoms with van der Waals surface area (Å²) in [5, 5.41) is 17.3. The third-order valence-corrected chi connectivity index (χ3v) is 4.15. The molecule has 0 atom stereocenters. The van der Waals surface area contributed by atoms with Crippen LogP contribution in [0.2, 0.25) is 0 Å². The van der Waals surface area contributed by atoms with Gasteiger partial charge in [-0.2, -0.15) is 0 Å². The zero-order chi connectivity index (χ0) is 15.9. The van der Waals surface area contributed by atoms with Crippen molar-refractivity contribution in [3.05, 3.63) is 61.2 Å². The lowest BCUT2D eigenvalue weighted by Gasteiger charge is -2.29. The Hall–Kier alpha value is -3.02. The van der Waals surface area contributed by atoms with E-state index in [1.54, 1.807) is 0 Å². The van der Waals surface area contributed by atoms with Crippen molar-refractivity contribution in [2.75, 3.05) is 0 Å². The number of rotatable bonds is 4. The number of nitrogens with zero attached hydrogens (tertiary/aromatic N) is 6. The standard InChI is InChI=1S/C17H16N6/c1-3-12-17(2,22-15-10-6-4-8-13(15)18-20-22)23-16-11-7-5-9-14(16)19-21-23/h3-11H,1,12H2,2H3. The van der Waals surface area contributed by atoms with Crippen LogP contribution in [0.3, 0.4) is 0 Å². The highest BCUT2D eigenvalue weighted by atomic mass is 15.6. The zero-order valence-corrected chi connectivity index (χ0v) is 12.8. The molecule has 0 unspecified atom stereocenters. The highest BCUT2D eigenvalue weighted by Gasteiger charge is 2.33. The summed E-state index contributed by atoms with van der Waals surface area (Å²) >= 11 is 0. The first-order valence-corrected chi connectivity index (χ1v) is 7.47. The molecule has 2 heterocycles. The van der Waals surface area contributed by atoms with Gasteiger partial charge in [-0.3, -0.25) is 0 Å². The van der Waals surface area contributed by atoms with E-state index in [1.807, 2.05) is 64.0 Å². The van der Waals surface area contributed by atoms with Crippen LogP contribution in [0.4, 0.5) is 0 Å². The fraction of sp³-hybridized carbons (Fsp3) is 0.176. The minimum atomic E-state index is -0.575. The third-order valence-electron chi connectivity index (χ3n) is 4.15. The van der Waals surface area contributed by atoms with Crippen molar-refractivity contribution in [1.82, 2.24) is 30.0 Å². The molecule has 23 heavy (non-hydrogen) atoms. The van der Waals surface area contributed by atoms with E-state index in [2.05, 4.69) is 34.1 Å². The Labute approximate surface area is 133 Å². The Kier molecular flexibility index (Phi) is 2.97. The fourth-order valence-corrected chi connectivity index (χ4v) is 2.99. The molecule has 4 rings (SSSR count). The van der Waals surface area contributed by atoms with Gasteiger partial charge in [0.1, 0.15) is 11.0 Å². The topological polar surface area (TPSA) is 61.4 Å². The van der Waals surface area contributed by atoms with E-state index in [1.165, 1.54) is 0 Å². The second-order valence-electron chi connectivity index (χ2n) is 5.69. The molecule has 0 fully saturated rings.